The minimum atomic E-state index is 0.852. The third-order valence-corrected chi connectivity index (χ3v) is 8.53. The number of pyridine rings is 2. The molecular formula is C40H25N3O. The van der Waals surface area contributed by atoms with Crippen LogP contribution in [0.15, 0.2) is 152 Å². The molecule has 1 aliphatic heterocycles. The van der Waals surface area contributed by atoms with Crippen molar-refractivity contribution in [3.8, 4) is 34.0 Å². The summed E-state index contributed by atoms with van der Waals surface area (Å²) in [5.41, 5.74) is 7.18. The van der Waals surface area contributed by atoms with Crippen molar-refractivity contribution in [2.75, 3.05) is 4.90 Å². The van der Waals surface area contributed by atoms with Crippen molar-refractivity contribution in [2.45, 2.75) is 0 Å². The van der Waals surface area contributed by atoms with E-state index in [1.165, 1.54) is 32.3 Å². The van der Waals surface area contributed by atoms with Gasteiger partial charge in [0.25, 0.3) is 0 Å². The van der Waals surface area contributed by atoms with Crippen molar-refractivity contribution in [2.24, 2.45) is 0 Å². The van der Waals surface area contributed by atoms with E-state index in [1.807, 2.05) is 60.9 Å². The minimum Gasteiger partial charge on any atom is -0.453 e. The predicted octanol–water partition coefficient (Wildman–Crippen LogP) is 10.8. The number of para-hydroxylation sites is 4. The molecule has 0 bridgehead atoms. The second-order valence-corrected chi connectivity index (χ2v) is 11.1. The molecule has 1 aliphatic rings. The van der Waals surface area contributed by atoms with Crippen LogP contribution >= 0.6 is 0 Å². The molecule has 4 nitrogen and oxygen atoms in total. The zero-order chi connectivity index (χ0) is 29.0. The first kappa shape index (κ1) is 24.6. The molecule has 0 spiro atoms. The lowest BCUT2D eigenvalue weighted by atomic mass is 9.91. The summed E-state index contributed by atoms with van der Waals surface area (Å²) in [6.45, 7) is 0. The fraction of sp³-hybridized carbons (Fsp3) is 0. The molecule has 8 aromatic rings. The molecule has 0 unspecified atom stereocenters. The molecule has 0 amide bonds. The molecule has 206 valence electrons. The second kappa shape index (κ2) is 9.79. The predicted molar refractivity (Wildman–Crippen MR) is 180 cm³/mol. The Kier molecular flexibility index (Phi) is 5.47. The maximum Gasteiger partial charge on any atom is 0.151 e. The molecule has 0 saturated heterocycles. The number of fused-ring (bicyclic) bond motifs is 7. The van der Waals surface area contributed by atoms with Gasteiger partial charge in [0.1, 0.15) is 0 Å². The van der Waals surface area contributed by atoms with Crippen molar-refractivity contribution in [3.63, 3.8) is 0 Å². The first-order chi connectivity index (χ1) is 21.8. The van der Waals surface area contributed by atoms with E-state index in [-0.39, 0.29) is 0 Å². The number of hydrogen-bond donors (Lipinski definition) is 0. The van der Waals surface area contributed by atoms with Crippen molar-refractivity contribution in [3.05, 3.63) is 152 Å². The van der Waals surface area contributed by atoms with E-state index in [0.717, 1.165) is 51.1 Å². The van der Waals surface area contributed by atoms with Crippen LogP contribution in [-0.2, 0) is 0 Å². The Morgan fingerprint density at radius 2 is 0.977 bits per heavy atom. The van der Waals surface area contributed by atoms with Crippen LogP contribution in [0.5, 0.6) is 11.5 Å². The largest absolute Gasteiger partial charge is 0.453 e. The Morgan fingerprint density at radius 3 is 1.61 bits per heavy atom. The van der Waals surface area contributed by atoms with Crippen molar-refractivity contribution >= 4 is 49.4 Å². The van der Waals surface area contributed by atoms with Gasteiger partial charge in [0.15, 0.2) is 11.5 Å². The Hall–Kier alpha value is -6.00. The summed E-state index contributed by atoms with van der Waals surface area (Å²) in [6.07, 6.45) is 3.69. The van der Waals surface area contributed by atoms with E-state index in [2.05, 4.69) is 101 Å². The van der Waals surface area contributed by atoms with Crippen LogP contribution in [0.4, 0.5) is 17.1 Å². The van der Waals surface area contributed by atoms with E-state index >= 15 is 0 Å². The van der Waals surface area contributed by atoms with Crippen LogP contribution in [0.2, 0.25) is 0 Å². The summed E-state index contributed by atoms with van der Waals surface area (Å²) in [7, 11) is 0. The zero-order valence-electron chi connectivity index (χ0n) is 23.7. The average molecular weight is 564 g/mol. The first-order valence-corrected chi connectivity index (χ1v) is 14.7. The van der Waals surface area contributed by atoms with Crippen LogP contribution in [-0.4, -0.2) is 9.97 Å². The molecule has 0 aliphatic carbocycles. The van der Waals surface area contributed by atoms with Crippen LogP contribution in [0.25, 0.3) is 54.8 Å². The van der Waals surface area contributed by atoms with E-state index in [0.29, 0.717) is 0 Å². The minimum absolute atomic E-state index is 0.852. The van der Waals surface area contributed by atoms with Gasteiger partial charge < -0.3 is 9.64 Å². The highest BCUT2D eigenvalue weighted by Gasteiger charge is 2.25. The summed E-state index contributed by atoms with van der Waals surface area (Å²) in [5, 5.41) is 7.22. The van der Waals surface area contributed by atoms with Gasteiger partial charge in [-0.05, 0) is 105 Å². The van der Waals surface area contributed by atoms with Gasteiger partial charge in [-0.15, -0.1) is 0 Å². The Balaban J connectivity index is 1.24. The average Bonchev–Trinajstić information content (AvgIpc) is 3.10. The third-order valence-electron chi connectivity index (χ3n) is 8.53. The Morgan fingerprint density at radius 1 is 0.432 bits per heavy atom. The van der Waals surface area contributed by atoms with Gasteiger partial charge in [-0.25, -0.2) is 0 Å². The molecule has 0 N–H and O–H groups in total. The van der Waals surface area contributed by atoms with Crippen LogP contribution in [0.3, 0.4) is 0 Å². The molecule has 44 heavy (non-hydrogen) atoms. The number of rotatable bonds is 3. The van der Waals surface area contributed by atoms with Crippen molar-refractivity contribution < 1.29 is 4.74 Å². The molecule has 4 heteroatoms. The second-order valence-electron chi connectivity index (χ2n) is 11.1. The molecule has 9 rings (SSSR count). The molecule has 3 heterocycles. The van der Waals surface area contributed by atoms with E-state index in [1.54, 1.807) is 0 Å². The maximum absolute atomic E-state index is 6.24. The zero-order valence-corrected chi connectivity index (χ0v) is 23.7. The van der Waals surface area contributed by atoms with E-state index in [4.69, 9.17) is 9.72 Å². The van der Waals surface area contributed by atoms with Crippen LogP contribution < -0.4 is 9.64 Å². The maximum atomic E-state index is 6.24. The van der Waals surface area contributed by atoms with Gasteiger partial charge in [-0.2, -0.15) is 0 Å². The fourth-order valence-electron chi connectivity index (χ4n) is 6.51. The number of ether oxygens (including phenoxy) is 1. The summed E-state index contributed by atoms with van der Waals surface area (Å²) in [6, 6.07) is 48.8. The molecule has 0 radical (unpaired) electrons. The Bertz CT molecular complexity index is 2320. The molecule has 6 aromatic carbocycles. The van der Waals surface area contributed by atoms with Crippen molar-refractivity contribution in [1.29, 1.82) is 0 Å². The molecule has 0 fully saturated rings. The summed E-state index contributed by atoms with van der Waals surface area (Å²) in [5.74, 6) is 1.70. The molecule has 0 saturated carbocycles. The molecular weight excluding hydrogens is 538 g/mol. The van der Waals surface area contributed by atoms with Gasteiger partial charge in [0.05, 0.1) is 22.8 Å². The quantitative estimate of drug-likeness (QED) is 0.200. The number of benzene rings is 6. The highest BCUT2D eigenvalue weighted by molar-refractivity contribution is 6.19. The number of hydrogen-bond acceptors (Lipinski definition) is 4. The highest BCUT2D eigenvalue weighted by Crippen LogP contribution is 2.50. The van der Waals surface area contributed by atoms with E-state index < -0.39 is 0 Å². The van der Waals surface area contributed by atoms with E-state index in [9.17, 15) is 0 Å². The van der Waals surface area contributed by atoms with Gasteiger partial charge in [0, 0.05) is 29.2 Å². The standard InChI is InChI=1S/C40H25N3O/c1-3-13-39-37(11-1)43(38-12-2-4-14-40(38)44-39)28-17-20-29-26(23-28)15-19-31-30(29)18-16-27-24-33(35-9-5-7-21-41-35)34(25-32(27)31)36-10-6-8-22-42-36/h1-25H. The van der Waals surface area contributed by atoms with Gasteiger partial charge in [0.2, 0.25) is 0 Å². The SMILES string of the molecule is c1ccc(-c2cc3ccc4c5ccc(N6c7ccccc7Oc7ccccc76)cc5ccc4c3cc2-c2ccccn2)nc1. The lowest BCUT2D eigenvalue weighted by molar-refractivity contribution is 0.477. The first-order valence-electron chi connectivity index (χ1n) is 14.7. The normalized spacial score (nSPS) is 12.2. The van der Waals surface area contributed by atoms with Crippen molar-refractivity contribution in [1.82, 2.24) is 9.97 Å². The lowest BCUT2D eigenvalue weighted by Crippen LogP contribution is -2.15. The molecule has 0 atom stereocenters. The number of aromatic nitrogens is 2. The topological polar surface area (TPSA) is 38.2 Å². The monoisotopic (exact) mass is 563 g/mol. The van der Waals surface area contributed by atoms with Crippen LogP contribution in [0.1, 0.15) is 0 Å². The number of nitrogens with zero attached hydrogens (tertiary/aromatic N) is 3. The lowest BCUT2D eigenvalue weighted by Gasteiger charge is -2.32. The fourth-order valence-corrected chi connectivity index (χ4v) is 6.51. The number of anilines is 3. The Labute approximate surface area is 254 Å². The van der Waals surface area contributed by atoms with Gasteiger partial charge in [-0.3, -0.25) is 9.97 Å². The van der Waals surface area contributed by atoms with Crippen LogP contribution in [0, 0.1) is 0 Å². The van der Waals surface area contributed by atoms with Gasteiger partial charge in [-0.1, -0.05) is 66.7 Å². The summed E-state index contributed by atoms with van der Waals surface area (Å²) >= 11 is 0. The van der Waals surface area contributed by atoms with Gasteiger partial charge >= 0.3 is 0 Å². The molecule has 2 aromatic heterocycles. The highest BCUT2D eigenvalue weighted by atomic mass is 16.5. The smallest absolute Gasteiger partial charge is 0.151 e. The third kappa shape index (κ3) is 3.85. The summed E-state index contributed by atoms with van der Waals surface area (Å²) < 4.78 is 6.24. The summed E-state index contributed by atoms with van der Waals surface area (Å²) in [4.78, 5) is 11.7.